The summed E-state index contributed by atoms with van der Waals surface area (Å²) in [6, 6.07) is 10.6. The Balaban J connectivity index is 2.07. The maximum Gasteiger partial charge on any atom is 0.264 e. The highest BCUT2D eigenvalue weighted by Gasteiger charge is 2.31. The summed E-state index contributed by atoms with van der Waals surface area (Å²) in [7, 11) is -3.84. The van der Waals surface area contributed by atoms with Crippen molar-refractivity contribution in [2.75, 3.05) is 22.4 Å². The predicted molar refractivity (Wildman–Crippen MR) is 105 cm³/mol. The maximum atomic E-state index is 13.0. The number of carbonyl (C=O) groups excluding carboxylic acids is 1. The molecule has 0 bridgehead atoms. The second kappa shape index (κ2) is 7.01. The lowest BCUT2D eigenvalue weighted by molar-refractivity contribution is -0.116. The van der Waals surface area contributed by atoms with E-state index in [9.17, 15) is 13.2 Å². The number of nitrogens with one attached hydrogen (secondary N) is 1. The van der Waals surface area contributed by atoms with Crippen LogP contribution >= 0.6 is 27.7 Å². The minimum Gasteiger partial charge on any atom is -0.311 e. The summed E-state index contributed by atoms with van der Waals surface area (Å²) in [6.45, 7) is 1.94. The molecule has 25 heavy (non-hydrogen) atoms. The number of carbonyl (C=O) groups is 1. The number of thioether (sulfide) groups is 1. The fourth-order valence-electron chi connectivity index (χ4n) is 2.89. The molecule has 2 aromatic carbocycles. The number of benzene rings is 2. The summed E-state index contributed by atoms with van der Waals surface area (Å²) >= 11 is 4.91. The van der Waals surface area contributed by atoms with E-state index in [4.69, 9.17) is 0 Å². The molecule has 5 nitrogen and oxygen atoms in total. The number of hydrogen-bond donors (Lipinski definition) is 1. The number of fused-ring (bicyclic) bond motifs is 1. The number of hydrogen-bond acceptors (Lipinski definition) is 4. The molecule has 0 radical (unpaired) electrons. The number of anilines is 2. The van der Waals surface area contributed by atoms with Gasteiger partial charge in [-0.2, -0.15) is 0 Å². The molecule has 0 spiro atoms. The minimum absolute atomic E-state index is 0.110. The summed E-state index contributed by atoms with van der Waals surface area (Å²) in [5, 5.41) is 0. The van der Waals surface area contributed by atoms with Crippen molar-refractivity contribution in [3.8, 4) is 0 Å². The average molecular weight is 441 g/mol. The van der Waals surface area contributed by atoms with Crippen molar-refractivity contribution in [1.82, 2.24) is 0 Å². The Morgan fingerprint density at radius 3 is 2.72 bits per heavy atom. The first-order valence-electron chi connectivity index (χ1n) is 7.59. The quantitative estimate of drug-likeness (QED) is 0.732. The highest BCUT2D eigenvalue weighted by molar-refractivity contribution is 9.10. The van der Waals surface area contributed by atoms with E-state index in [-0.39, 0.29) is 10.8 Å². The number of amides is 1. The Labute approximate surface area is 160 Å². The van der Waals surface area contributed by atoms with Crippen LogP contribution in [-0.4, -0.2) is 27.1 Å². The van der Waals surface area contributed by atoms with Gasteiger partial charge >= 0.3 is 0 Å². The van der Waals surface area contributed by atoms with Crippen molar-refractivity contribution in [3.05, 3.63) is 46.4 Å². The van der Waals surface area contributed by atoms with Gasteiger partial charge in [-0.15, -0.1) is 11.8 Å². The second-order valence-corrected chi connectivity index (χ2v) is 9.12. The van der Waals surface area contributed by atoms with Gasteiger partial charge in [0.05, 0.1) is 5.69 Å². The van der Waals surface area contributed by atoms with Crippen LogP contribution in [0.25, 0.3) is 0 Å². The van der Waals surface area contributed by atoms with Crippen LogP contribution in [0.5, 0.6) is 0 Å². The van der Waals surface area contributed by atoms with Crippen LogP contribution in [-0.2, 0) is 21.2 Å². The summed E-state index contributed by atoms with van der Waals surface area (Å²) < 4.78 is 29.3. The third-order valence-corrected chi connectivity index (χ3v) is 6.56. The molecular formula is C17H17BrN2O3S2. The Bertz CT molecular complexity index is 945. The molecular weight excluding hydrogens is 424 g/mol. The van der Waals surface area contributed by atoms with Gasteiger partial charge in [0.25, 0.3) is 10.0 Å². The van der Waals surface area contributed by atoms with Crippen molar-refractivity contribution < 1.29 is 13.2 Å². The Kier molecular flexibility index (Phi) is 5.13. The zero-order valence-corrected chi connectivity index (χ0v) is 17.0. The summed E-state index contributed by atoms with van der Waals surface area (Å²) in [4.78, 5) is 14.5. The van der Waals surface area contributed by atoms with E-state index in [1.807, 2.05) is 18.4 Å². The van der Waals surface area contributed by atoms with Gasteiger partial charge in [-0.1, -0.05) is 22.0 Å². The molecule has 0 atom stereocenters. The molecule has 0 aliphatic carbocycles. The van der Waals surface area contributed by atoms with E-state index < -0.39 is 10.0 Å². The van der Waals surface area contributed by atoms with Crippen molar-refractivity contribution in [2.45, 2.75) is 23.1 Å². The van der Waals surface area contributed by atoms with E-state index in [0.717, 1.165) is 10.5 Å². The first kappa shape index (κ1) is 18.3. The van der Waals surface area contributed by atoms with Gasteiger partial charge in [-0.25, -0.2) is 8.42 Å². The summed E-state index contributed by atoms with van der Waals surface area (Å²) in [6.07, 6.45) is 2.57. The van der Waals surface area contributed by atoms with Gasteiger partial charge < -0.3 is 4.90 Å². The molecule has 132 valence electrons. The highest BCUT2D eigenvalue weighted by atomic mass is 79.9. The SMILES string of the molecule is CSc1cccc(NS(=O)(=O)c2cc(Br)cc3c2N(C(C)=O)CC3)c1. The Morgan fingerprint density at radius 2 is 2.04 bits per heavy atom. The third kappa shape index (κ3) is 3.70. The molecule has 0 fully saturated rings. The van der Waals surface area contributed by atoms with Gasteiger partial charge in [0.15, 0.2) is 0 Å². The smallest absolute Gasteiger partial charge is 0.264 e. The zero-order chi connectivity index (χ0) is 18.2. The fourth-order valence-corrected chi connectivity index (χ4v) is 5.33. The fraction of sp³-hybridized carbons (Fsp3) is 0.235. The number of nitrogens with zero attached hydrogens (tertiary/aromatic N) is 1. The van der Waals surface area contributed by atoms with Crippen molar-refractivity contribution in [2.24, 2.45) is 0 Å². The number of sulfonamides is 1. The van der Waals surface area contributed by atoms with Crippen LogP contribution in [0.1, 0.15) is 12.5 Å². The largest absolute Gasteiger partial charge is 0.311 e. The molecule has 8 heteroatoms. The van der Waals surface area contributed by atoms with Crippen LogP contribution < -0.4 is 9.62 Å². The lowest BCUT2D eigenvalue weighted by Gasteiger charge is -2.19. The molecule has 0 saturated carbocycles. The molecule has 1 amide bonds. The standard InChI is InChI=1S/C17H17BrN2O3S2/c1-11(21)20-7-6-12-8-13(18)9-16(17(12)20)25(22,23)19-14-4-3-5-15(10-14)24-2/h3-5,8-10,19H,6-7H2,1-2H3. The highest BCUT2D eigenvalue weighted by Crippen LogP contribution is 2.38. The molecule has 1 N–H and O–H groups in total. The van der Waals surface area contributed by atoms with Crippen molar-refractivity contribution in [1.29, 1.82) is 0 Å². The van der Waals surface area contributed by atoms with E-state index in [1.54, 1.807) is 24.3 Å². The zero-order valence-electron chi connectivity index (χ0n) is 13.7. The number of halogens is 1. The maximum absolute atomic E-state index is 13.0. The molecule has 0 saturated heterocycles. The Morgan fingerprint density at radius 1 is 1.28 bits per heavy atom. The lowest BCUT2D eigenvalue weighted by atomic mass is 10.2. The van der Waals surface area contributed by atoms with Crippen LogP contribution in [0.15, 0.2) is 50.7 Å². The summed E-state index contributed by atoms with van der Waals surface area (Å²) in [5.74, 6) is -0.165. The van der Waals surface area contributed by atoms with Crippen molar-refractivity contribution >= 4 is 55.0 Å². The monoisotopic (exact) mass is 440 g/mol. The average Bonchev–Trinajstić information content (AvgIpc) is 2.97. The molecule has 1 aliphatic heterocycles. The minimum atomic E-state index is -3.84. The van der Waals surface area contributed by atoms with Gasteiger partial charge in [0.1, 0.15) is 4.90 Å². The van der Waals surface area contributed by atoms with Crippen molar-refractivity contribution in [3.63, 3.8) is 0 Å². The van der Waals surface area contributed by atoms with Gasteiger partial charge in [-0.05, 0) is 48.6 Å². The van der Waals surface area contributed by atoms with Gasteiger partial charge in [0.2, 0.25) is 5.91 Å². The van der Waals surface area contributed by atoms with Crippen LogP contribution in [0.3, 0.4) is 0 Å². The summed E-state index contributed by atoms with van der Waals surface area (Å²) in [5.41, 5.74) is 1.82. The lowest BCUT2D eigenvalue weighted by Crippen LogP contribution is -2.28. The molecule has 3 rings (SSSR count). The topological polar surface area (TPSA) is 66.5 Å². The van der Waals surface area contributed by atoms with Crippen LogP contribution in [0.2, 0.25) is 0 Å². The van der Waals surface area contributed by atoms with Crippen LogP contribution in [0, 0.1) is 0 Å². The number of rotatable bonds is 4. The van der Waals surface area contributed by atoms with E-state index in [1.165, 1.54) is 23.6 Å². The second-order valence-electron chi connectivity index (χ2n) is 5.67. The van der Waals surface area contributed by atoms with E-state index >= 15 is 0 Å². The Hall–Kier alpha value is -1.51. The molecule has 1 aliphatic rings. The molecule has 0 aromatic heterocycles. The molecule has 0 unspecified atom stereocenters. The normalized spacial score (nSPS) is 13.6. The first-order valence-corrected chi connectivity index (χ1v) is 11.1. The molecule has 1 heterocycles. The predicted octanol–water partition coefficient (Wildman–Crippen LogP) is 3.88. The van der Waals surface area contributed by atoms with E-state index in [2.05, 4.69) is 20.7 Å². The van der Waals surface area contributed by atoms with Crippen LogP contribution in [0.4, 0.5) is 11.4 Å². The van der Waals surface area contributed by atoms with Gasteiger partial charge in [0, 0.05) is 28.5 Å². The molecule has 2 aromatic rings. The van der Waals surface area contributed by atoms with E-state index in [0.29, 0.717) is 28.8 Å². The van der Waals surface area contributed by atoms with Gasteiger partial charge in [-0.3, -0.25) is 9.52 Å². The first-order chi connectivity index (χ1) is 11.8. The third-order valence-electron chi connectivity index (χ3n) is 3.98.